The fraction of sp³-hybridized carbons (Fsp3) is 0.353. The molecule has 2 aromatic rings. The lowest BCUT2D eigenvalue weighted by atomic mass is 9.97. The molecule has 0 atom stereocenters. The monoisotopic (exact) mass is 329 g/mol. The van der Waals surface area contributed by atoms with E-state index in [9.17, 15) is 0 Å². The number of hydrogen-bond donors (Lipinski definition) is 2. The summed E-state index contributed by atoms with van der Waals surface area (Å²) in [5.41, 5.74) is 2.43. The summed E-state index contributed by atoms with van der Waals surface area (Å²) in [6.07, 6.45) is 8.40. The van der Waals surface area contributed by atoms with Crippen LogP contribution in [-0.2, 0) is 0 Å². The van der Waals surface area contributed by atoms with Crippen molar-refractivity contribution in [3.63, 3.8) is 0 Å². The van der Waals surface area contributed by atoms with Gasteiger partial charge in [-0.1, -0.05) is 29.8 Å². The lowest BCUT2D eigenvalue weighted by Gasteiger charge is -2.13. The van der Waals surface area contributed by atoms with Gasteiger partial charge in [-0.3, -0.25) is 0 Å². The maximum Gasteiger partial charge on any atom is 0.233 e. The number of rotatable bonds is 6. The van der Waals surface area contributed by atoms with Gasteiger partial charge in [0.25, 0.3) is 0 Å². The minimum absolute atomic E-state index is 0.179. The van der Waals surface area contributed by atoms with Gasteiger partial charge in [0.2, 0.25) is 17.2 Å². The van der Waals surface area contributed by atoms with Gasteiger partial charge in [-0.05, 0) is 55.8 Å². The van der Waals surface area contributed by atoms with Crippen molar-refractivity contribution in [2.75, 3.05) is 17.2 Å². The first-order chi connectivity index (χ1) is 11.3. The molecule has 5 nitrogen and oxygen atoms in total. The van der Waals surface area contributed by atoms with E-state index in [1.807, 2.05) is 30.3 Å². The summed E-state index contributed by atoms with van der Waals surface area (Å²) in [5.74, 6) is 0.940. The fourth-order valence-corrected chi connectivity index (χ4v) is 2.76. The Balaban J connectivity index is 1.60. The SMILES string of the molecule is Clc1nc(NCCC2=CCCCC2)nc(Nc2ccccc2)n1. The summed E-state index contributed by atoms with van der Waals surface area (Å²) in [7, 11) is 0. The van der Waals surface area contributed by atoms with Crippen LogP contribution in [0.4, 0.5) is 17.6 Å². The van der Waals surface area contributed by atoms with Crippen LogP contribution in [0.15, 0.2) is 42.0 Å². The minimum Gasteiger partial charge on any atom is -0.354 e. The van der Waals surface area contributed by atoms with Crippen LogP contribution in [0.5, 0.6) is 0 Å². The van der Waals surface area contributed by atoms with Gasteiger partial charge in [0.1, 0.15) is 0 Å². The molecule has 0 fully saturated rings. The Morgan fingerprint density at radius 1 is 1.00 bits per heavy atom. The predicted octanol–water partition coefficient (Wildman–Crippen LogP) is 4.57. The number of aromatic nitrogens is 3. The maximum atomic E-state index is 5.99. The van der Waals surface area contributed by atoms with E-state index in [4.69, 9.17) is 11.6 Å². The van der Waals surface area contributed by atoms with Gasteiger partial charge in [0.05, 0.1) is 0 Å². The van der Waals surface area contributed by atoms with Crippen molar-refractivity contribution in [3.8, 4) is 0 Å². The molecule has 1 aromatic carbocycles. The Morgan fingerprint density at radius 3 is 2.61 bits per heavy atom. The Hall–Kier alpha value is -2.14. The number of para-hydroxylation sites is 1. The molecule has 0 radical (unpaired) electrons. The number of hydrogen-bond acceptors (Lipinski definition) is 5. The molecule has 0 aliphatic heterocycles. The van der Waals surface area contributed by atoms with Gasteiger partial charge in [0.15, 0.2) is 0 Å². The summed E-state index contributed by atoms with van der Waals surface area (Å²) >= 11 is 5.99. The minimum atomic E-state index is 0.179. The normalized spacial score (nSPS) is 14.2. The van der Waals surface area contributed by atoms with Crippen LogP contribution >= 0.6 is 11.6 Å². The van der Waals surface area contributed by atoms with E-state index in [0.717, 1.165) is 18.7 Å². The van der Waals surface area contributed by atoms with E-state index in [1.165, 1.54) is 31.3 Å². The third-order valence-corrected chi connectivity index (χ3v) is 3.92. The lowest BCUT2D eigenvalue weighted by molar-refractivity contribution is 0.679. The van der Waals surface area contributed by atoms with Gasteiger partial charge in [-0.2, -0.15) is 15.0 Å². The third kappa shape index (κ3) is 4.93. The second-order valence-corrected chi connectivity index (χ2v) is 5.87. The summed E-state index contributed by atoms with van der Waals surface area (Å²) in [6, 6.07) is 9.74. The first-order valence-corrected chi connectivity index (χ1v) is 8.33. The van der Waals surface area contributed by atoms with Crippen molar-refractivity contribution >= 4 is 29.2 Å². The molecule has 0 unspecified atom stereocenters. The Labute approximate surface area is 141 Å². The smallest absolute Gasteiger partial charge is 0.233 e. The van der Waals surface area contributed by atoms with Crippen molar-refractivity contribution in [1.29, 1.82) is 0 Å². The standard InChI is InChI=1S/C17H20ClN5/c18-15-21-16(19-12-11-13-7-3-1-4-8-13)23-17(22-15)20-14-9-5-2-6-10-14/h2,5-7,9-10H,1,3-4,8,11-12H2,(H2,19,20,21,22,23). The highest BCUT2D eigenvalue weighted by Gasteiger charge is 2.07. The number of allylic oxidation sites excluding steroid dienone is 1. The first kappa shape index (κ1) is 15.7. The van der Waals surface area contributed by atoms with Crippen LogP contribution in [0.1, 0.15) is 32.1 Å². The van der Waals surface area contributed by atoms with Crippen molar-refractivity contribution in [2.24, 2.45) is 0 Å². The largest absolute Gasteiger partial charge is 0.354 e. The highest BCUT2D eigenvalue weighted by Crippen LogP contribution is 2.20. The molecule has 3 rings (SSSR count). The molecule has 2 N–H and O–H groups in total. The Morgan fingerprint density at radius 2 is 1.83 bits per heavy atom. The highest BCUT2D eigenvalue weighted by molar-refractivity contribution is 6.28. The van der Waals surface area contributed by atoms with Crippen molar-refractivity contribution < 1.29 is 0 Å². The molecule has 1 aliphatic rings. The zero-order chi connectivity index (χ0) is 15.9. The molecule has 0 spiro atoms. The first-order valence-electron chi connectivity index (χ1n) is 7.95. The van der Waals surface area contributed by atoms with E-state index < -0.39 is 0 Å². The second kappa shape index (κ2) is 7.92. The number of anilines is 3. The van der Waals surface area contributed by atoms with E-state index in [-0.39, 0.29) is 5.28 Å². The van der Waals surface area contributed by atoms with Gasteiger partial charge >= 0.3 is 0 Å². The summed E-state index contributed by atoms with van der Waals surface area (Å²) in [5, 5.41) is 6.54. The lowest BCUT2D eigenvalue weighted by Crippen LogP contribution is -2.09. The maximum absolute atomic E-state index is 5.99. The van der Waals surface area contributed by atoms with E-state index >= 15 is 0 Å². The van der Waals surface area contributed by atoms with Crippen LogP contribution in [0.2, 0.25) is 5.28 Å². The zero-order valence-corrected chi connectivity index (χ0v) is 13.7. The second-order valence-electron chi connectivity index (χ2n) is 5.53. The Kier molecular flexibility index (Phi) is 5.42. The number of nitrogens with one attached hydrogen (secondary N) is 2. The number of benzene rings is 1. The molecule has 6 heteroatoms. The van der Waals surface area contributed by atoms with Crippen molar-refractivity contribution in [2.45, 2.75) is 32.1 Å². The van der Waals surface area contributed by atoms with Gasteiger partial charge in [0, 0.05) is 12.2 Å². The van der Waals surface area contributed by atoms with Crippen LogP contribution < -0.4 is 10.6 Å². The van der Waals surface area contributed by atoms with Crippen LogP contribution in [0.3, 0.4) is 0 Å². The predicted molar refractivity (Wildman–Crippen MR) is 94.2 cm³/mol. The molecule has 1 aromatic heterocycles. The van der Waals surface area contributed by atoms with E-state index in [0.29, 0.717) is 11.9 Å². The third-order valence-electron chi connectivity index (χ3n) is 3.75. The molecular formula is C17H20ClN5. The van der Waals surface area contributed by atoms with Gasteiger partial charge < -0.3 is 10.6 Å². The molecule has 0 amide bonds. The molecule has 1 heterocycles. The number of nitrogens with zero attached hydrogens (tertiary/aromatic N) is 3. The quantitative estimate of drug-likeness (QED) is 0.760. The number of halogens is 1. The van der Waals surface area contributed by atoms with Crippen molar-refractivity contribution in [3.05, 3.63) is 47.3 Å². The van der Waals surface area contributed by atoms with Gasteiger partial charge in [-0.25, -0.2) is 0 Å². The highest BCUT2D eigenvalue weighted by atomic mass is 35.5. The Bertz CT molecular complexity index is 672. The summed E-state index contributed by atoms with van der Waals surface area (Å²) in [4.78, 5) is 12.6. The van der Waals surface area contributed by atoms with E-state index in [1.54, 1.807) is 0 Å². The molecule has 23 heavy (non-hydrogen) atoms. The van der Waals surface area contributed by atoms with Gasteiger partial charge in [-0.15, -0.1) is 0 Å². The molecule has 1 aliphatic carbocycles. The summed E-state index contributed by atoms with van der Waals surface area (Å²) < 4.78 is 0. The van der Waals surface area contributed by atoms with Crippen LogP contribution in [0.25, 0.3) is 0 Å². The molecule has 120 valence electrons. The summed E-state index contributed by atoms with van der Waals surface area (Å²) in [6.45, 7) is 0.803. The zero-order valence-electron chi connectivity index (χ0n) is 12.9. The van der Waals surface area contributed by atoms with Crippen LogP contribution in [-0.4, -0.2) is 21.5 Å². The molecule has 0 saturated heterocycles. The van der Waals surface area contributed by atoms with Crippen LogP contribution in [0, 0.1) is 0 Å². The fourth-order valence-electron chi connectivity index (χ4n) is 2.60. The van der Waals surface area contributed by atoms with E-state index in [2.05, 4.69) is 31.7 Å². The molecule has 0 bridgehead atoms. The van der Waals surface area contributed by atoms with Crippen molar-refractivity contribution in [1.82, 2.24) is 15.0 Å². The molecular weight excluding hydrogens is 310 g/mol. The average molecular weight is 330 g/mol. The average Bonchev–Trinajstić information content (AvgIpc) is 2.56. The molecule has 0 saturated carbocycles. The topological polar surface area (TPSA) is 62.7 Å².